The highest BCUT2D eigenvalue weighted by Gasteiger charge is 2.19. The first-order valence-corrected chi connectivity index (χ1v) is 11.3. The van der Waals surface area contributed by atoms with Crippen LogP contribution in [0.5, 0.6) is 0 Å². The third-order valence-corrected chi connectivity index (χ3v) is 6.18. The molecule has 0 aliphatic carbocycles. The van der Waals surface area contributed by atoms with E-state index in [2.05, 4.69) is 10.0 Å². The second-order valence-corrected chi connectivity index (χ2v) is 8.65. The van der Waals surface area contributed by atoms with Gasteiger partial charge in [-0.15, -0.1) is 0 Å². The van der Waals surface area contributed by atoms with E-state index in [1.54, 1.807) is 18.2 Å². The van der Waals surface area contributed by atoms with Crippen LogP contribution >= 0.6 is 0 Å². The van der Waals surface area contributed by atoms with E-state index in [-0.39, 0.29) is 16.1 Å². The fourth-order valence-electron chi connectivity index (χ4n) is 3.24. The first-order valence-electron chi connectivity index (χ1n) is 9.77. The van der Waals surface area contributed by atoms with Gasteiger partial charge in [-0.25, -0.2) is 12.8 Å². The molecule has 0 aromatic heterocycles. The van der Waals surface area contributed by atoms with Crippen molar-refractivity contribution in [2.24, 2.45) is 0 Å². The van der Waals surface area contributed by atoms with Crippen LogP contribution in [-0.4, -0.2) is 14.3 Å². The van der Waals surface area contributed by atoms with Gasteiger partial charge >= 0.3 is 0 Å². The number of anilines is 2. The second-order valence-electron chi connectivity index (χ2n) is 6.97. The Morgan fingerprint density at radius 2 is 1.28 bits per heavy atom. The van der Waals surface area contributed by atoms with E-state index in [0.29, 0.717) is 5.69 Å². The van der Waals surface area contributed by atoms with E-state index in [9.17, 15) is 17.6 Å². The van der Waals surface area contributed by atoms with Crippen molar-refractivity contribution in [3.63, 3.8) is 0 Å². The van der Waals surface area contributed by atoms with Gasteiger partial charge in [0, 0.05) is 11.3 Å². The number of nitrogens with one attached hydrogen (secondary N) is 2. The zero-order chi connectivity index (χ0) is 22.6. The highest BCUT2D eigenvalue weighted by molar-refractivity contribution is 7.92. The van der Waals surface area contributed by atoms with E-state index < -0.39 is 21.7 Å². The number of benzene rings is 4. The Bertz CT molecular complexity index is 1360. The van der Waals surface area contributed by atoms with Crippen LogP contribution in [0.3, 0.4) is 0 Å². The number of carbonyl (C=O) groups is 1. The Kier molecular flexibility index (Phi) is 6.00. The maximum absolute atomic E-state index is 13.2. The third-order valence-electron chi connectivity index (χ3n) is 4.80. The summed E-state index contributed by atoms with van der Waals surface area (Å²) in [5, 5.41) is 2.88. The number of hydrogen-bond acceptors (Lipinski definition) is 3. The van der Waals surface area contributed by atoms with Crippen molar-refractivity contribution in [3.8, 4) is 11.1 Å². The van der Waals surface area contributed by atoms with Crippen molar-refractivity contribution in [2.75, 3.05) is 10.0 Å². The van der Waals surface area contributed by atoms with Crippen molar-refractivity contribution in [2.45, 2.75) is 4.90 Å². The quantitative estimate of drug-likeness (QED) is 0.408. The summed E-state index contributed by atoms with van der Waals surface area (Å²) in [6, 6.07) is 27.7. The van der Waals surface area contributed by atoms with E-state index in [4.69, 9.17) is 0 Å². The van der Waals surface area contributed by atoms with Crippen LogP contribution in [0.1, 0.15) is 10.4 Å². The highest BCUT2D eigenvalue weighted by atomic mass is 32.2. The first kappa shape index (κ1) is 21.3. The van der Waals surface area contributed by atoms with E-state index in [1.165, 1.54) is 12.1 Å². The summed E-state index contributed by atoms with van der Waals surface area (Å²) in [4.78, 5) is 13.0. The molecule has 0 radical (unpaired) electrons. The first-order chi connectivity index (χ1) is 15.4. The van der Waals surface area contributed by atoms with E-state index in [0.717, 1.165) is 35.4 Å². The molecule has 4 rings (SSSR count). The molecule has 2 N–H and O–H groups in total. The second kappa shape index (κ2) is 9.03. The predicted molar refractivity (Wildman–Crippen MR) is 123 cm³/mol. The van der Waals surface area contributed by atoms with Gasteiger partial charge < -0.3 is 5.32 Å². The lowest BCUT2D eigenvalue weighted by Gasteiger charge is -2.15. The van der Waals surface area contributed by atoms with Gasteiger partial charge in [-0.2, -0.15) is 0 Å². The fourth-order valence-corrected chi connectivity index (χ4v) is 4.32. The number of hydrogen-bond donors (Lipinski definition) is 2. The lowest BCUT2D eigenvalue weighted by atomic mass is 10.0. The standard InChI is InChI=1S/C25H19FN2O3S/c26-19-14-16-20(17-15-19)32(30,31)28-24-13-7-5-11-22(24)25(29)27-23-12-6-4-10-21(23)18-8-2-1-3-9-18/h1-17,28H,(H,27,29). The molecule has 32 heavy (non-hydrogen) atoms. The summed E-state index contributed by atoms with van der Waals surface area (Å²) in [7, 11) is -4.01. The average molecular weight is 447 g/mol. The molecular weight excluding hydrogens is 427 g/mol. The smallest absolute Gasteiger partial charge is 0.261 e. The van der Waals surface area contributed by atoms with Crippen molar-refractivity contribution < 1.29 is 17.6 Å². The summed E-state index contributed by atoms with van der Waals surface area (Å²) in [6.45, 7) is 0. The van der Waals surface area contributed by atoms with Gasteiger partial charge in [-0.05, 0) is 48.0 Å². The molecule has 0 saturated heterocycles. The number of sulfonamides is 1. The summed E-state index contributed by atoms with van der Waals surface area (Å²) in [5.41, 5.74) is 2.65. The molecule has 0 fully saturated rings. The van der Waals surface area contributed by atoms with Crippen LogP contribution in [0.25, 0.3) is 11.1 Å². The number of para-hydroxylation sites is 2. The molecule has 7 heteroatoms. The van der Waals surface area contributed by atoms with Crippen LogP contribution in [0.15, 0.2) is 108 Å². The van der Waals surface area contributed by atoms with Crippen LogP contribution < -0.4 is 10.0 Å². The maximum atomic E-state index is 13.2. The number of rotatable bonds is 6. The van der Waals surface area contributed by atoms with Crippen LogP contribution in [0.4, 0.5) is 15.8 Å². The van der Waals surface area contributed by atoms with Gasteiger partial charge in [0.25, 0.3) is 15.9 Å². The predicted octanol–water partition coefficient (Wildman–Crippen LogP) is 5.55. The molecule has 5 nitrogen and oxygen atoms in total. The van der Waals surface area contributed by atoms with Gasteiger partial charge in [0.2, 0.25) is 0 Å². The molecule has 1 amide bonds. The van der Waals surface area contributed by atoms with Gasteiger partial charge in [0.15, 0.2) is 0 Å². The SMILES string of the molecule is O=C(Nc1ccccc1-c1ccccc1)c1ccccc1NS(=O)(=O)c1ccc(F)cc1. The van der Waals surface area contributed by atoms with E-state index >= 15 is 0 Å². The topological polar surface area (TPSA) is 75.3 Å². The Morgan fingerprint density at radius 3 is 2.00 bits per heavy atom. The molecule has 0 aliphatic rings. The Labute approximate surface area is 185 Å². The minimum absolute atomic E-state index is 0.108. The van der Waals surface area contributed by atoms with Crippen LogP contribution in [-0.2, 0) is 10.0 Å². The van der Waals surface area contributed by atoms with Crippen LogP contribution in [0.2, 0.25) is 0 Å². The lowest BCUT2D eigenvalue weighted by molar-refractivity contribution is 0.102. The van der Waals surface area contributed by atoms with Crippen molar-refractivity contribution in [1.82, 2.24) is 0 Å². The fraction of sp³-hybridized carbons (Fsp3) is 0. The van der Waals surface area contributed by atoms with Crippen molar-refractivity contribution in [1.29, 1.82) is 0 Å². The monoisotopic (exact) mass is 446 g/mol. The molecule has 0 bridgehead atoms. The summed E-state index contributed by atoms with van der Waals surface area (Å²) in [5.74, 6) is -1.01. The summed E-state index contributed by atoms with van der Waals surface area (Å²) in [6.07, 6.45) is 0. The minimum Gasteiger partial charge on any atom is -0.321 e. The van der Waals surface area contributed by atoms with Gasteiger partial charge in [-0.3, -0.25) is 9.52 Å². The summed E-state index contributed by atoms with van der Waals surface area (Å²) >= 11 is 0. The average Bonchev–Trinajstić information content (AvgIpc) is 2.80. The molecule has 0 saturated carbocycles. The molecule has 0 aliphatic heterocycles. The Balaban J connectivity index is 1.63. The van der Waals surface area contributed by atoms with Crippen molar-refractivity contribution >= 4 is 27.3 Å². The number of halogens is 1. The minimum atomic E-state index is -4.01. The molecule has 0 spiro atoms. The molecule has 0 unspecified atom stereocenters. The molecular formula is C25H19FN2O3S. The molecule has 0 heterocycles. The molecule has 0 atom stereocenters. The Hall–Kier alpha value is -3.97. The normalized spacial score (nSPS) is 11.0. The number of amides is 1. The largest absolute Gasteiger partial charge is 0.321 e. The van der Waals surface area contributed by atoms with Gasteiger partial charge in [0.1, 0.15) is 5.82 Å². The zero-order valence-corrected chi connectivity index (χ0v) is 17.6. The van der Waals surface area contributed by atoms with Gasteiger partial charge in [-0.1, -0.05) is 60.7 Å². The zero-order valence-electron chi connectivity index (χ0n) is 16.8. The molecule has 4 aromatic carbocycles. The number of carbonyl (C=O) groups excluding carboxylic acids is 1. The summed E-state index contributed by atoms with van der Waals surface area (Å²) < 4.78 is 41.0. The third kappa shape index (κ3) is 4.68. The van der Waals surface area contributed by atoms with Crippen molar-refractivity contribution in [3.05, 3.63) is 115 Å². The van der Waals surface area contributed by atoms with Gasteiger partial charge in [0.05, 0.1) is 16.1 Å². The molecule has 160 valence electrons. The Morgan fingerprint density at radius 1 is 0.688 bits per heavy atom. The molecule has 4 aromatic rings. The lowest BCUT2D eigenvalue weighted by Crippen LogP contribution is -2.19. The van der Waals surface area contributed by atoms with Crippen LogP contribution in [0, 0.1) is 5.82 Å². The van der Waals surface area contributed by atoms with E-state index in [1.807, 2.05) is 48.5 Å². The maximum Gasteiger partial charge on any atom is 0.261 e. The highest BCUT2D eigenvalue weighted by Crippen LogP contribution is 2.29.